The molecule has 0 unspecified atom stereocenters. The number of hydrogen-bond acceptors (Lipinski definition) is 6. The van der Waals surface area contributed by atoms with Crippen molar-refractivity contribution in [2.75, 3.05) is 18.0 Å². The molecule has 208 valence electrons. The third-order valence-corrected chi connectivity index (χ3v) is 10.3. The summed E-state index contributed by atoms with van der Waals surface area (Å²) >= 11 is 6.28. The molecule has 3 aliphatic rings. The molecule has 2 bridgehead atoms. The zero-order valence-electron chi connectivity index (χ0n) is 22.2. The zero-order chi connectivity index (χ0) is 27.6. The molecule has 3 atom stereocenters. The average Bonchev–Trinajstić information content (AvgIpc) is 2.91. The smallest absolute Gasteiger partial charge is 0.264 e. The lowest BCUT2D eigenvalue weighted by Crippen LogP contribution is -2.42. The van der Waals surface area contributed by atoms with Crippen molar-refractivity contribution >= 4 is 39.0 Å². The van der Waals surface area contributed by atoms with Gasteiger partial charge in [0.25, 0.3) is 5.91 Å². The Morgan fingerprint density at radius 2 is 1.87 bits per heavy atom. The van der Waals surface area contributed by atoms with Crippen LogP contribution in [0.3, 0.4) is 0 Å². The third kappa shape index (κ3) is 6.33. The molecule has 7 nitrogen and oxygen atoms in total. The standard InChI is InChI=1S/C30H35ClN2O5S/c1-20-6-2-3-8-28(34)26-13-10-23(26)18-33-15-5-4-7-21-16-25(31)12-9-24(21)19-38-29-14-11-22(17-27(29)33)30(35)32-39(20,36)37/h3,8-9,11-12,14,16-17,20,23,26H,2,4-7,10,13,15,18-19H2,1H3,(H,32,35)/b8-3+/t20-,23-,26+/m0/s1. The summed E-state index contributed by atoms with van der Waals surface area (Å²) in [5.74, 6) is 0.237. The normalized spacial score (nSPS) is 26.5. The van der Waals surface area contributed by atoms with Crippen LogP contribution in [-0.4, -0.2) is 38.4 Å². The highest BCUT2D eigenvalue weighted by Gasteiger charge is 2.37. The van der Waals surface area contributed by atoms with Crippen molar-refractivity contribution in [3.05, 3.63) is 70.3 Å². The zero-order valence-corrected chi connectivity index (χ0v) is 23.8. The molecular formula is C30H35ClN2O5S. The Morgan fingerprint density at radius 3 is 2.67 bits per heavy atom. The minimum Gasteiger partial charge on any atom is -0.487 e. The van der Waals surface area contributed by atoms with Crippen LogP contribution in [0.1, 0.15) is 66.9 Å². The predicted molar refractivity (Wildman–Crippen MR) is 153 cm³/mol. The number of anilines is 1. The second-order valence-corrected chi connectivity index (χ2v) is 13.4. The predicted octanol–water partition coefficient (Wildman–Crippen LogP) is 5.46. The molecule has 0 spiro atoms. The van der Waals surface area contributed by atoms with E-state index in [4.69, 9.17) is 16.3 Å². The highest BCUT2D eigenvalue weighted by molar-refractivity contribution is 7.90. The lowest BCUT2D eigenvalue weighted by atomic mass is 9.71. The first-order valence-electron chi connectivity index (χ1n) is 13.8. The first kappa shape index (κ1) is 27.7. The first-order valence-corrected chi connectivity index (χ1v) is 15.7. The fourth-order valence-corrected chi connectivity index (χ4v) is 6.84. The molecule has 1 N–H and O–H groups in total. The van der Waals surface area contributed by atoms with Crippen LogP contribution in [0.5, 0.6) is 5.75 Å². The molecule has 2 heterocycles. The fourth-order valence-electron chi connectivity index (χ4n) is 5.62. The van der Waals surface area contributed by atoms with E-state index in [1.54, 1.807) is 37.3 Å². The Kier molecular flexibility index (Phi) is 8.33. The van der Waals surface area contributed by atoms with Crippen LogP contribution < -0.4 is 14.4 Å². The summed E-state index contributed by atoms with van der Waals surface area (Å²) in [6.07, 6.45) is 8.71. The Hall–Kier alpha value is -2.84. The Bertz CT molecular complexity index is 1390. The molecule has 1 amide bonds. The van der Waals surface area contributed by atoms with Crippen molar-refractivity contribution in [3.63, 3.8) is 0 Å². The van der Waals surface area contributed by atoms with E-state index in [0.717, 1.165) is 55.5 Å². The van der Waals surface area contributed by atoms with Gasteiger partial charge < -0.3 is 9.64 Å². The maximum absolute atomic E-state index is 13.1. The van der Waals surface area contributed by atoms with Crippen molar-refractivity contribution in [3.8, 4) is 5.75 Å². The highest BCUT2D eigenvalue weighted by atomic mass is 35.5. The molecule has 2 aromatic rings. The molecule has 5 rings (SSSR count). The Morgan fingerprint density at radius 1 is 1.03 bits per heavy atom. The molecule has 2 aliphatic heterocycles. The molecule has 0 saturated heterocycles. The minimum atomic E-state index is -3.88. The molecule has 39 heavy (non-hydrogen) atoms. The number of carbonyl (C=O) groups excluding carboxylic acids is 2. The summed E-state index contributed by atoms with van der Waals surface area (Å²) in [6, 6.07) is 10.9. The monoisotopic (exact) mass is 570 g/mol. The number of nitrogens with one attached hydrogen (secondary N) is 1. The average molecular weight is 571 g/mol. The minimum absolute atomic E-state index is 0.0456. The number of halogens is 1. The van der Waals surface area contributed by atoms with Gasteiger partial charge in [0, 0.05) is 29.6 Å². The van der Waals surface area contributed by atoms with Gasteiger partial charge in [-0.1, -0.05) is 23.7 Å². The van der Waals surface area contributed by atoms with Gasteiger partial charge in [-0.3, -0.25) is 9.59 Å². The van der Waals surface area contributed by atoms with Crippen molar-refractivity contribution in [2.24, 2.45) is 11.8 Å². The van der Waals surface area contributed by atoms with Gasteiger partial charge in [-0.25, -0.2) is 13.1 Å². The summed E-state index contributed by atoms with van der Waals surface area (Å²) < 4.78 is 34.3. The number of allylic oxidation sites excluding steroid dienone is 2. The number of fused-ring (bicyclic) bond motifs is 3. The van der Waals surface area contributed by atoms with Crippen molar-refractivity contribution in [2.45, 2.75) is 63.7 Å². The molecule has 1 fully saturated rings. The van der Waals surface area contributed by atoms with Gasteiger partial charge in [-0.15, -0.1) is 0 Å². The van der Waals surface area contributed by atoms with Crippen LogP contribution in [0, 0.1) is 11.8 Å². The van der Waals surface area contributed by atoms with Gasteiger partial charge in [-0.05, 0) is 105 Å². The molecule has 9 heteroatoms. The summed E-state index contributed by atoms with van der Waals surface area (Å²) in [7, 11) is -3.88. The van der Waals surface area contributed by atoms with Crippen molar-refractivity contribution in [1.29, 1.82) is 0 Å². The van der Waals surface area contributed by atoms with E-state index >= 15 is 0 Å². The SMILES string of the molecule is C[C@H]1CC/C=C/C(=O)[C@@H]2CC[C@H]2CN2CCCCc3cc(Cl)ccc3COc3ccc(cc32)C(=O)NS1(=O)=O. The molecule has 0 aromatic heterocycles. The van der Waals surface area contributed by atoms with E-state index in [0.29, 0.717) is 36.8 Å². The van der Waals surface area contributed by atoms with E-state index in [1.165, 1.54) is 0 Å². The molecule has 0 radical (unpaired) electrons. The molecular weight excluding hydrogens is 536 g/mol. The number of nitrogens with zero attached hydrogens (tertiary/aromatic N) is 1. The Labute approximate surface area is 235 Å². The number of benzene rings is 2. The number of ketones is 1. The van der Waals surface area contributed by atoms with Crippen molar-refractivity contribution < 1.29 is 22.7 Å². The maximum atomic E-state index is 13.1. The van der Waals surface area contributed by atoms with Crippen LogP contribution in [0.15, 0.2) is 48.6 Å². The molecule has 1 saturated carbocycles. The van der Waals surface area contributed by atoms with Gasteiger partial charge in [-0.2, -0.15) is 0 Å². The van der Waals surface area contributed by atoms with Crippen LogP contribution in [-0.2, 0) is 27.8 Å². The van der Waals surface area contributed by atoms with Gasteiger partial charge in [0.05, 0.1) is 10.9 Å². The number of amides is 1. The van der Waals surface area contributed by atoms with Gasteiger partial charge in [0.2, 0.25) is 10.0 Å². The van der Waals surface area contributed by atoms with Crippen molar-refractivity contribution in [1.82, 2.24) is 4.72 Å². The number of aryl methyl sites for hydroxylation is 1. The van der Waals surface area contributed by atoms with E-state index in [2.05, 4.69) is 9.62 Å². The third-order valence-electron chi connectivity index (χ3n) is 8.26. The Balaban J connectivity index is 1.53. The van der Waals surface area contributed by atoms with Crippen LogP contribution >= 0.6 is 11.6 Å². The quantitative estimate of drug-likeness (QED) is 0.452. The molecule has 1 aliphatic carbocycles. The lowest BCUT2D eigenvalue weighted by Gasteiger charge is -2.40. The van der Waals surface area contributed by atoms with Gasteiger partial charge >= 0.3 is 0 Å². The number of hydrogen-bond donors (Lipinski definition) is 1. The van der Waals surface area contributed by atoms with Crippen LogP contribution in [0.2, 0.25) is 5.02 Å². The largest absolute Gasteiger partial charge is 0.487 e. The van der Waals surface area contributed by atoms with E-state index in [1.807, 2.05) is 18.2 Å². The van der Waals surface area contributed by atoms with Gasteiger partial charge in [0.15, 0.2) is 5.78 Å². The summed E-state index contributed by atoms with van der Waals surface area (Å²) in [4.78, 5) is 28.3. The maximum Gasteiger partial charge on any atom is 0.264 e. The number of carbonyl (C=O) groups is 2. The van der Waals surface area contributed by atoms with E-state index in [9.17, 15) is 18.0 Å². The second-order valence-electron chi connectivity index (χ2n) is 10.9. The molecule has 2 aromatic carbocycles. The summed E-state index contributed by atoms with van der Waals surface area (Å²) in [5.41, 5.74) is 3.22. The number of sulfonamides is 1. The second kappa shape index (κ2) is 11.7. The summed E-state index contributed by atoms with van der Waals surface area (Å²) in [6.45, 7) is 3.31. The topological polar surface area (TPSA) is 92.8 Å². The van der Waals surface area contributed by atoms with Gasteiger partial charge in [0.1, 0.15) is 12.4 Å². The number of rotatable bonds is 0. The van der Waals surface area contributed by atoms with E-state index < -0.39 is 21.2 Å². The summed E-state index contributed by atoms with van der Waals surface area (Å²) in [5, 5.41) is -0.0800. The lowest BCUT2D eigenvalue weighted by molar-refractivity contribution is -0.122. The first-order chi connectivity index (χ1) is 18.7. The van der Waals surface area contributed by atoms with E-state index in [-0.39, 0.29) is 23.2 Å². The number of ether oxygens (including phenoxy) is 1. The highest BCUT2D eigenvalue weighted by Crippen LogP contribution is 2.39. The fraction of sp³-hybridized carbons (Fsp3) is 0.467. The van der Waals surface area contributed by atoms with Crippen LogP contribution in [0.4, 0.5) is 5.69 Å². The van der Waals surface area contributed by atoms with Crippen LogP contribution in [0.25, 0.3) is 0 Å².